The third-order valence-electron chi connectivity index (χ3n) is 4.67. The standard InChI is InChI=1S/C16H31N3O2/c1-3-6-15-13(2)7-4-9-19(15)16(20)18-12-14-11-17-8-5-10-21-14/h13-15,17H,3-12H2,1-2H3,(H,18,20). The van der Waals surface area contributed by atoms with Gasteiger partial charge >= 0.3 is 6.03 Å². The first-order valence-electron chi connectivity index (χ1n) is 8.59. The number of nitrogens with one attached hydrogen (secondary N) is 2. The first-order chi connectivity index (χ1) is 10.2. The predicted molar refractivity (Wildman–Crippen MR) is 84.4 cm³/mol. The molecular formula is C16H31N3O2. The van der Waals surface area contributed by atoms with E-state index in [-0.39, 0.29) is 12.1 Å². The number of nitrogens with zero attached hydrogens (tertiary/aromatic N) is 1. The van der Waals surface area contributed by atoms with Crippen LogP contribution in [0.25, 0.3) is 0 Å². The maximum atomic E-state index is 12.5. The highest BCUT2D eigenvalue weighted by Gasteiger charge is 2.31. The smallest absolute Gasteiger partial charge is 0.317 e. The van der Waals surface area contributed by atoms with E-state index in [1.165, 1.54) is 6.42 Å². The second-order valence-corrected chi connectivity index (χ2v) is 6.41. The van der Waals surface area contributed by atoms with Crippen LogP contribution in [-0.2, 0) is 4.74 Å². The van der Waals surface area contributed by atoms with Crippen LogP contribution in [0.1, 0.15) is 46.0 Å². The second kappa shape index (κ2) is 8.59. The molecule has 5 nitrogen and oxygen atoms in total. The molecule has 0 radical (unpaired) electrons. The van der Waals surface area contributed by atoms with Crippen LogP contribution in [0.5, 0.6) is 0 Å². The largest absolute Gasteiger partial charge is 0.375 e. The molecule has 0 bridgehead atoms. The zero-order chi connectivity index (χ0) is 15.1. The van der Waals surface area contributed by atoms with Crippen molar-refractivity contribution in [1.82, 2.24) is 15.5 Å². The minimum Gasteiger partial charge on any atom is -0.375 e. The lowest BCUT2D eigenvalue weighted by Crippen LogP contribution is -2.53. The molecule has 0 aromatic heterocycles. The lowest BCUT2D eigenvalue weighted by atomic mass is 9.88. The Morgan fingerprint density at radius 3 is 3.10 bits per heavy atom. The van der Waals surface area contributed by atoms with Crippen LogP contribution in [0, 0.1) is 5.92 Å². The molecule has 2 aliphatic heterocycles. The molecular weight excluding hydrogens is 266 g/mol. The predicted octanol–water partition coefficient (Wildman–Crippen LogP) is 1.98. The first-order valence-corrected chi connectivity index (χ1v) is 8.59. The Balaban J connectivity index is 1.82. The fraction of sp³-hybridized carbons (Fsp3) is 0.938. The van der Waals surface area contributed by atoms with E-state index in [0.29, 0.717) is 18.5 Å². The Bertz CT molecular complexity index is 317. The fourth-order valence-corrected chi connectivity index (χ4v) is 3.44. The molecule has 3 unspecified atom stereocenters. The third kappa shape index (κ3) is 4.85. The summed E-state index contributed by atoms with van der Waals surface area (Å²) in [5.41, 5.74) is 0. The summed E-state index contributed by atoms with van der Waals surface area (Å²) in [6, 6.07) is 0.491. The summed E-state index contributed by atoms with van der Waals surface area (Å²) < 4.78 is 5.74. The SMILES string of the molecule is CCCC1C(C)CCCN1C(=O)NCC1CNCCCO1. The Kier molecular flexibility index (Phi) is 6.77. The average Bonchev–Trinajstić information content (AvgIpc) is 2.76. The topological polar surface area (TPSA) is 53.6 Å². The number of carbonyl (C=O) groups is 1. The van der Waals surface area contributed by atoms with E-state index in [9.17, 15) is 4.79 Å². The van der Waals surface area contributed by atoms with Crippen LogP contribution in [0.3, 0.4) is 0 Å². The Labute approximate surface area is 128 Å². The molecule has 0 saturated carbocycles. The van der Waals surface area contributed by atoms with Crippen molar-refractivity contribution >= 4 is 6.03 Å². The van der Waals surface area contributed by atoms with Crippen LogP contribution in [0.15, 0.2) is 0 Å². The molecule has 21 heavy (non-hydrogen) atoms. The van der Waals surface area contributed by atoms with Crippen molar-refractivity contribution in [3.8, 4) is 0 Å². The summed E-state index contributed by atoms with van der Waals surface area (Å²) in [4.78, 5) is 14.6. The molecule has 2 heterocycles. The van der Waals surface area contributed by atoms with Gasteiger partial charge in [-0.1, -0.05) is 20.3 Å². The summed E-state index contributed by atoms with van der Waals surface area (Å²) in [5.74, 6) is 0.611. The Morgan fingerprint density at radius 1 is 1.43 bits per heavy atom. The second-order valence-electron chi connectivity index (χ2n) is 6.41. The molecule has 2 amide bonds. The van der Waals surface area contributed by atoms with Gasteiger partial charge in [0.15, 0.2) is 0 Å². The van der Waals surface area contributed by atoms with Crippen molar-refractivity contribution < 1.29 is 9.53 Å². The van der Waals surface area contributed by atoms with Gasteiger partial charge in [-0.05, 0) is 38.1 Å². The van der Waals surface area contributed by atoms with Crippen molar-refractivity contribution in [2.24, 2.45) is 5.92 Å². The van der Waals surface area contributed by atoms with E-state index in [2.05, 4.69) is 29.4 Å². The van der Waals surface area contributed by atoms with Gasteiger partial charge in [-0.3, -0.25) is 0 Å². The van der Waals surface area contributed by atoms with Gasteiger partial charge in [-0.25, -0.2) is 4.79 Å². The number of hydrogen-bond donors (Lipinski definition) is 2. The van der Waals surface area contributed by atoms with E-state index in [0.717, 1.165) is 51.9 Å². The zero-order valence-electron chi connectivity index (χ0n) is 13.6. The number of piperidine rings is 1. The molecule has 2 rings (SSSR count). The number of carbonyl (C=O) groups excluding carboxylic acids is 1. The van der Waals surface area contributed by atoms with E-state index in [4.69, 9.17) is 4.74 Å². The lowest BCUT2D eigenvalue weighted by molar-refractivity contribution is 0.0637. The van der Waals surface area contributed by atoms with Crippen LogP contribution in [-0.4, -0.2) is 55.9 Å². The Hall–Kier alpha value is -0.810. The number of hydrogen-bond acceptors (Lipinski definition) is 3. The van der Waals surface area contributed by atoms with Gasteiger partial charge in [-0.2, -0.15) is 0 Å². The summed E-state index contributed by atoms with van der Waals surface area (Å²) in [5, 5.41) is 6.43. The molecule has 2 N–H and O–H groups in total. The number of likely N-dealkylation sites (tertiary alicyclic amines) is 1. The van der Waals surface area contributed by atoms with Crippen LogP contribution in [0.4, 0.5) is 4.79 Å². The van der Waals surface area contributed by atoms with Crippen molar-refractivity contribution in [2.45, 2.75) is 58.1 Å². The van der Waals surface area contributed by atoms with Crippen molar-refractivity contribution in [2.75, 3.05) is 32.8 Å². The summed E-state index contributed by atoms with van der Waals surface area (Å²) >= 11 is 0. The highest BCUT2D eigenvalue weighted by Crippen LogP contribution is 2.26. The first kappa shape index (κ1) is 16.6. The minimum absolute atomic E-state index is 0.0906. The minimum atomic E-state index is 0.0906. The van der Waals surface area contributed by atoms with Gasteiger partial charge in [0.1, 0.15) is 0 Å². The highest BCUT2D eigenvalue weighted by atomic mass is 16.5. The maximum Gasteiger partial charge on any atom is 0.317 e. The fourth-order valence-electron chi connectivity index (χ4n) is 3.44. The molecule has 0 aliphatic carbocycles. The number of amides is 2. The van der Waals surface area contributed by atoms with Gasteiger partial charge in [0.25, 0.3) is 0 Å². The molecule has 122 valence electrons. The normalized spacial score (nSPS) is 30.8. The van der Waals surface area contributed by atoms with Crippen molar-refractivity contribution in [1.29, 1.82) is 0 Å². The monoisotopic (exact) mass is 297 g/mol. The summed E-state index contributed by atoms with van der Waals surface area (Å²) in [7, 11) is 0. The molecule has 5 heteroatoms. The van der Waals surface area contributed by atoms with E-state index in [1.807, 2.05) is 0 Å². The summed E-state index contributed by atoms with van der Waals surface area (Å²) in [6.45, 7) is 8.59. The van der Waals surface area contributed by atoms with E-state index < -0.39 is 0 Å². The third-order valence-corrected chi connectivity index (χ3v) is 4.67. The van der Waals surface area contributed by atoms with E-state index >= 15 is 0 Å². The molecule has 2 saturated heterocycles. The van der Waals surface area contributed by atoms with Gasteiger partial charge in [0.2, 0.25) is 0 Å². The molecule has 0 aromatic carbocycles. The average molecular weight is 297 g/mol. The molecule has 2 aliphatic rings. The molecule has 0 aromatic rings. The number of urea groups is 1. The maximum absolute atomic E-state index is 12.5. The van der Waals surface area contributed by atoms with Gasteiger partial charge < -0.3 is 20.3 Å². The zero-order valence-corrected chi connectivity index (χ0v) is 13.6. The van der Waals surface area contributed by atoms with Crippen molar-refractivity contribution in [3.63, 3.8) is 0 Å². The highest BCUT2D eigenvalue weighted by molar-refractivity contribution is 5.74. The van der Waals surface area contributed by atoms with Gasteiger partial charge in [0, 0.05) is 32.3 Å². The lowest BCUT2D eigenvalue weighted by Gasteiger charge is -2.40. The summed E-state index contributed by atoms with van der Waals surface area (Å²) in [6.07, 6.45) is 5.75. The molecule has 3 atom stereocenters. The number of ether oxygens (including phenoxy) is 1. The van der Waals surface area contributed by atoms with Crippen LogP contribution < -0.4 is 10.6 Å². The van der Waals surface area contributed by atoms with Gasteiger partial charge in [0.05, 0.1) is 6.10 Å². The molecule has 0 spiro atoms. The molecule has 2 fully saturated rings. The Morgan fingerprint density at radius 2 is 2.29 bits per heavy atom. The number of rotatable bonds is 4. The van der Waals surface area contributed by atoms with E-state index in [1.54, 1.807) is 0 Å². The van der Waals surface area contributed by atoms with Gasteiger partial charge in [-0.15, -0.1) is 0 Å². The quantitative estimate of drug-likeness (QED) is 0.834. The van der Waals surface area contributed by atoms with Crippen LogP contribution >= 0.6 is 0 Å². The van der Waals surface area contributed by atoms with Crippen LogP contribution in [0.2, 0.25) is 0 Å². The van der Waals surface area contributed by atoms with Crippen molar-refractivity contribution in [3.05, 3.63) is 0 Å².